The lowest BCUT2D eigenvalue weighted by Gasteiger charge is -2.20. The number of nitrogens with zero attached hydrogens (tertiary/aromatic N) is 2. The highest BCUT2D eigenvalue weighted by molar-refractivity contribution is 5.84. The van der Waals surface area contributed by atoms with E-state index < -0.39 is 0 Å². The first-order chi connectivity index (χ1) is 14.1. The van der Waals surface area contributed by atoms with Crippen molar-refractivity contribution < 1.29 is 14.3 Å². The average molecular weight is 396 g/mol. The molecule has 1 heterocycles. The number of hydrogen-bond acceptors (Lipinski definition) is 5. The predicted molar refractivity (Wildman–Crippen MR) is 115 cm³/mol. The molecule has 0 bridgehead atoms. The summed E-state index contributed by atoms with van der Waals surface area (Å²) in [6, 6.07) is 14.1. The maximum Gasteiger partial charge on any atom is 0.230 e. The lowest BCUT2D eigenvalue weighted by molar-refractivity contribution is -0.127. The van der Waals surface area contributed by atoms with Crippen molar-refractivity contribution in [1.29, 1.82) is 0 Å². The molecule has 1 amide bonds. The Morgan fingerprint density at radius 3 is 2.52 bits per heavy atom. The van der Waals surface area contributed by atoms with E-state index in [1.165, 1.54) is 5.56 Å². The zero-order valence-electron chi connectivity index (χ0n) is 17.1. The molecule has 154 valence electrons. The largest absolute Gasteiger partial charge is 0.493 e. The Morgan fingerprint density at radius 1 is 1.07 bits per heavy atom. The SMILES string of the molecule is COc1cc2c(cc1OC)CC(=O)N(CCCN(N)CCc1ccccc1)C=C2. The molecule has 2 aromatic carbocycles. The molecule has 3 rings (SSSR count). The molecule has 0 unspecified atom stereocenters. The minimum atomic E-state index is 0.0695. The van der Waals surface area contributed by atoms with Crippen molar-refractivity contribution in [2.75, 3.05) is 33.9 Å². The summed E-state index contributed by atoms with van der Waals surface area (Å²) < 4.78 is 10.7. The molecule has 29 heavy (non-hydrogen) atoms. The van der Waals surface area contributed by atoms with Crippen LogP contribution in [0.15, 0.2) is 48.7 Å². The molecule has 0 saturated carbocycles. The summed E-state index contributed by atoms with van der Waals surface area (Å²) in [4.78, 5) is 14.4. The van der Waals surface area contributed by atoms with E-state index in [0.29, 0.717) is 24.5 Å². The van der Waals surface area contributed by atoms with Crippen LogP contribution in [0.1, 0.15) is 23.1 Å². The minimum Gasteiger partial charge on any atom is -0.493 e. The molecule has 0 atom stereocenters. The van der Waals surface area contributed by atoms with Crippen LogP contribution in [0.5, 0.6) is 11.5 Å². The third-order valence-corrected chi connectivity index (χ3v) is 5.12. The van der Waals surface area contributed by atoms with Crippen molar-refractivity contribution in [3.8, 4) is 11.5 Å². The number of carbonyl (C=O) groups is 1. The number of fused-ring (bicyclic) bond motifs is 1. The number of methoxy groups -OCH3 is 2. The molecule has 1 aliphatic rings. The Labute approximate surface area is 172 Å². The molecule has 0 saturated heterocycles. The van der Waals surface area contributed by atoms with Crippen molar-refractivity contribution in [2.45, 2.75) is 19.3 Å². The second kappa shape index (κ2) is 10.1. The van der Waals surface area contributed by atoms with E-state index in [9.17, 15) is 4.79 Å². The fourth-order valence-electron chi connectivity index (χ4n) is 3.44. The normalized spacial score (nSPS) is 13.4. The standard InChI is InChI=1S/C23H29N3O3/c1-28-21-15-19-10-13-25(23(27)17-20(19)16-22(21)29-2)11-6-12-26(24)14-9-18-7-4-3-5-8-18/h3-5,7-8,10,13,15-16H,6,9,11-12,14,17,24H2,1-2H3. The van der Waals surface area contributed by atoms with Gasteiger partial charge in [-0.3, -0.25) is 10.6 Å². The van der Waals surface area contributed by atoms with Gasteiger partial charge in [-0.25, -0.2) is 5.01 Å². The molecule has 0 aliphatic carbocycles. The maximum atomic E-state index is 12.7. The quantitative estimate of drug-likeness (QED) is 0.522. The Kier molecular flexibility index (Phi) is 7.27. The summed E-state index contributed by atoms with van der Waals surface area (Å²) in [5, 5.41) is 1.82. The van der Waals surface area contributed by atoms with Gasteiger partial charge < -0.3 is 14.4 Å². The molecule has 2 N–H and O–H groups in total. The van der Waals surface area contributed by atoms with Crippen LogP contribution >= 0.6 is 0 Å². The number of ether oxygens (including phenoxy) is 2. The maximum absolute atomic E-state index is 12.7. The van der Waals surface area contributed by atoms with Gasteiger partial charge in [0.2, 0.25) is 5.91 Å². The van der Waals surface area contributed by atoms with Crippen LogP contribution in [0, 0.1) is 0 Å². The van der Waals surface area contributed by atoms with E-state index in [1.807, 2.05) is 47.6 Å². The third kappa shape index (κ3) is 5.59. The summed E-state index contributed by atoms with van der Waals surface area (Å²) in [6.07, 6.45) is 5.87. The summed E-state index contributed by atoms with van der Waals surface area (Å²) in [5.74, 6) is 7.49. The Balaban J connectivity index is 1.52. The van der Waals surface area contributed by atoms with Crippen LogP contribution in [0.25, 0.3) is 6.08 Å². The third-order valence-electron chi connectivity index (χ3n) is 5.12. The van der Waals surface area contributed by atoms with E-state index in [0.717, 1.165) is 37.1 Å². The number of hydrogen-bond donors (Lipinski definition) is 1. The molecule has 6 heteroatoms. The van der Waals surface area contributed by atoms with E-state index in [2.05, 4.69) is 12.1 Å². The van der Waals surface area contributed by atoms with Crippen molar-refractivity contribution in [1.82, 2.24) is 9.91 Å². The Bertz CT molecular complexity index is 852. The number of carbonyl (C=O) groups excluding carboxylic acids is 1. The van der Waals surface area contributed by atoms with Gasteiger partial charge in [0.25, 0.3) is 0 Å². The monoisotopic (exact) mass is 395 g/mol. The number of rotatable bonds is 9. The average Bonchev–Trinajstić information content (AvgIpc) is 2.90. The van der Waals surface area contributed by atoms with Gasteiger partial charge in [-0.1, -0.05) is 30.3 Å². The molecule has 0 radical (unpaired) electrons. The molecule has 0 fully saturated rings. The van der Waals surface area contributed by atoms with Gasteiger partial charge in [0, 0.05) is 25.8 Å². The highest BCUT2D eigenvalue weighted by atomic mass is 16.5. The van der Waals surface area contributed by atoms with E-state index in [1.54, 1.807) is 19.1 Å². The second-order valence-corrected chi connectivity index (χ2v) is 7.11. The molecular weight excluding hydrogens is 366 g/mol. The second-order valence-electron chi connectivity index (χ2n) is 7.11. The van der Waals surface area contributed by atoms with Gasteiger partial charge in [0.15, 0.2) is 11.5 Å². The van der Waals surface area contributed by atoms with Crippen LogP contribution in [0.3, 0.4) is 0 Å². The van der Waals surface area contributed by atoms with Crippen LogP contribution in [0.2, 0.25) is 0 Å². The topological polar surface area (TPSA) is 68.0 Å². The van der Waals surface area contributed by atoms with Gasteiger partial charge in [-0.2, -0.15) is 0 Å². The number of amides is 1. The van der Waals surface area contributed by atoms with Gasteiger partial charge in [-0.05, 0) is 47.7 Å². The molecular formula is C23H29N3O3. The fourth-order valence-corrected chi connectivity index (χ4v) is 3.44. The summed E-state index contributed by atoms with van der Waals surface area (Å²) in [5.41, 5.74) is 3.19. The van der Waals surface area contributed by atoms with Crippen molar-refractivity contribution in [3.05, 3.63) is 65.4 Å². The van der Waals surface area contributed by atoms with Gasteiger partial charge in [0.05, 0.1) is 20.6 Å². The van der Waals surface area contributed by atoms with Crippen LogP contribution < -0.4 is 15.3 Å². The lowest BCUT2D eigenvalue weighted by Crippen LogP contribution is -2.36. The van der Waals surface area contributed by atoms with E-state index in [-0.39, 0.29) is 5.91 Å². The summed E-state index contributed by atoms with van der Waals surface area (Å²) in [7, 11) is 3.21. The van der Waals surface area contributed by atoms with Gasteiger partial charge in [0.1, 0.15) is 0 Å². The predicted octanol–water partition coefficient (Wildman–Crippen LogP) is 2.87. The molecule has 2 aromatic rings. The minimum absolute atomic E-state index is 0.0695. The van der Waals surface area contributed by atoms with Crippen LogP contribution in [-0.2, 0) is 17.6 Å². The Hall–Kier alpha value is -2.83. The number of hydrazine groups is 1. The molecule has 1 aliphatic heterocycles. The number of benzene rings is 2. The molecule has 0 spiro atoms. The molecule has 0 aromatic heterocycles. The van der Waals surface area contributed by atoms with Crippen molar-refractivity contribution in [3.63, 3.8) is 0 Å². The smallest absolute Gasteiger partial charge is 0.230 e. The van der Waals surface area contributed by atoms with E-state index in [4.69, 9.17) is 15.3 Å². The summed E-state index contributed by atoms with van der Waals surface area (Å²) >= 11 is 0. The van der Waals surface area contributed by atoms with Gasteiger partial charge in [-0.15, -0.1) is 0 Å². The lowest BCUT2D eigenvalue weighted by atomic mass is 10.0. The van der Waals surface area contributed by atoms with Gasteiger partial charge >= 0.3 is 0 Å². The van der Waals surface area contributed by atoms with Crippen LogP contribution in [-0.4, -0.2) is 49.7 Å². The van der Waals surface area contributed by atoms with Crippen LogP contribution in [0.4, 0.5) is 0 Å². The highest BCUT2D eigenvalue weighted by Gasteiger charge is 2.19. The highest BCUT2D eigenvalue weighted by Crippen LogP contribution is 2.32. The first kappa shape index (κ1) is 20.9. The first-order valence-electron chi connectivity index (χ1n) is 9.87. The first-order valence-corrected chi connectivity index (χ1v) is 9.87. The zero-order valence-corrected chi connectivity index (χ0v) is 17.1. The zero-order chi connectivity index (χ0) is 20.6. The van der Waals surface area contributed by atoms with Crippen molar-refractivity contribution >= 4 is 12.0 Å². The Morgan fingerprint density at radius 2 is 1.79 bits per heavy atom. The summed E-state index contributed by atoms with van der Waals surface area (Å²) in [6.45, 7) is 2.16. The fraction of sp³-hybridized carbons (Fsp3) is 0.348. The number of nitrogens with two attached hydrogens (primary N) is 1. The molecule has 6 nitrogen and oxygen atoms in total. The van der Waals surface area contributed by atoms with E-state index >= 15 is 0 Å². The van der Waals surface area contributed by atoms with Crippen molar-refractivity contribution in [2.24, 2.45) is 5.84 Å².